The molecule has 1 aliphatic rings. The number of anilines is 1. The largest absolute Gasteiger partial charge is 0.487 e. The van der Waals surface area contributed by atoms with Crippen LogP contribution < -0.4 is 10.1 Å². The van der Waals surface area contributed by atoms with Gasteiger partial charge in [-0.15, -0.1) is 0 Å². The maximum Gasteiger partial charge on any atom is 0.311 e. The van der Waals surface area contributed by atoms with Crippen molar-refractivity contribution in [3.8, 4) is 5.75 Å². The van der Waals surface area contributed by atoms with Crippen molar-refractivity contribution in [2.75, 3.05) is 25.0 Å². The van der Waals surface area contributed by atoms with E-state index in [1.807, 2.05) is 0 Å². The number of carbonyl (C=O) groups excluding carboxylic acids is 1. The fourth-order valence-corrected chi connectivity index (χ4v) is 5.32. The van der Waals surface area contributed by atoms with Gasteiger partial charge in [0.15, 0.2) is 5.75 Å². The molecule has 0 radical (unpaired) electrons. The molecule has 11 heteroatoms. The molecule has 2 aromatic carbocycles. The molecule has 1 saturated heterocycles. The molecular formula is C20H22ClN3O6S. The Morgan fingerprint density at radius 2 is 1.90 bits per heavy atom. The molecule has 166 valence electrons. The van der Waals surface area contributed by atoms with Gasteiger partial charge in [0.1, 0.15) is 4.90 Å². The summed E-state index contributed by atoms with van der Waals surface area (Å²) >= 11 is 6.15. The lowest BCUT2D eigenvalue weighted by atomic mass is 10.1. The summed E-state index contributed by atoms with van der Waals surface area (Å²) in [6, 6.07) is 8.03. The van der Waals surface area contributed by atoms with Crippen molar-refractivity contribution in [1.82, 2.24) is 4.31 Å². The predicted molar refractivity (Wildman–Crippen MR) is 116 cm³/mol. The molecule has 0 saturated carbocycles. The summed E-state index contributed by atoms with van der Waals surface area (Å²) in [5, 5.41) is 13.9. The summed E-state index contributed by atoms with van der Waals surface area (Å²) in [7, 11) is -3.80. The van der Waals surface area contributed by atoms with Crippen molar-refractivity contribution >= 4 is 38.9 Å². The second kappa shape index (κ2) is 9.63. The Bertz CT molecular complexity index is 1100. The van der Waals surface area contributed by atoms with Crippen LogP contribution in [0.5, 0.6) is 5.75 Å². The second-order valence-electron chi connectivity index (χ2n) is 6.94. The zero-order chi connectivity index (χ0) is 22.6. The SMILES string of the molecule is CCOc1ccc(C(=O)Nc2ccc(Cl)c(S(=O)(=O)N3CCCCC3)c2)cc1[N+](=O)[O-]. The molecule has 1 aliphatic heterocycles. The average Bonchev–Trinajstić information content (AvgIpc) is 2.76. The molecule has 1 heterocycles. The van der Waals surface area contributed by atoms with E-state index in [0.29, 0.717) is 13.1 Å². The van der Waals surface area contributed by atoms with E-state index in [-0.39, 0.29) is 39.2 Å². The van der Waals surface area contributed by atoms with Crippen LogP contribution in [0, 0.1) is 10.1 Å². The standard InChI is InChI=1S/C20H22ClN3O6S/c1-2-30-18-9-6-14(12-17(18)24(26)27)20(25)22-15-7-8-16(21)19(13-15)31(28,29)23-10-4-3-5-11-23/h6-9,12-13H,2-5,10-11H2,1H3,(H,22,25). The Morgan fingerprint density at radius 3 is 2.55 bits per heavy atom. The predicted octanol–water partition coefficient (Wildman–Crippen LogP) is 4.07. The number of sulfonamides is 1. The monoisotopic (exact) mass is 467 g/mol. The van der Waals surface area contributed by atoms with Gasteiger partial charge >= 0.3 is 5.69 Å². The highest BCUT2D eigenvalue weighted by molar-refractivity contribution is 7.89. The minimum absolute atomic E-state index is 0.0329. The lowest BCUT2D eigenvalue weighted by molar-refractivity contribution is -0.385. The number of hydrogen-bond donors (Lipinski definition) is 1. The van der Waals surface area contributed by atoms with Crippen LogP contribution in [0.25, 0.3) is 0 Å². The van der Waals surface area contributed by atoms with E-state index >= 15 is 0 Å². The summed E-state index contributed by atoms with van der Waals surface area (Å²) in [6.07, 6.45) is 2.54. The van der Waals surface area contributed by atoms with Crippen LogP contribution in [0.4, 0.5) is 11.4 Å². The zero-order valence-electron chi connectivity index (χ0n) is 16.8. The van der Waals surface area contributed by atoms with E-state index in [1.165, 1.54) is 34.6 Å². The number of nitro benzene ring substituents is 1. The first-order valence-electron chi connectivity index (χ1n) is 9.76. The van der Waals surface area contributed by atoms with Crippen LogP contribution >= 0.6 is 11.6 Å². The van der Waals surface area contributed by atoms with Crippen molar-refractivity contribution in [2.24, 2.45) is 0 Å². The van der Waals surface area contributed by atoms with Crippen LogP contribution in [0.15, 0.2) is 41.3 Å². The fourth-order valence-electron chi connectivity index (χ4n) is 3.31. The van der Waals surface area contributed by atoms with Gasteiger partial charge in [-0.1, -0.05) is 18.0 Å². The summed E-state index contributed by atoms with van der Waals surface area (Å²) < 4.78 is 32.6. The van der Waals surface area contributed by atoms with Crippen molar-refractivity contribution in [3.63, 3.8) is 0 Å². The van der Waals surface area contributed by atoms with Gasteiger partial charge in [0.2, 0.25) is 10.0 Å². The van der Waals surface area contributed by atoms with Gasteiger partial charge < -0.3 is 10.1 Å². The highest BCUT2D eigenvalue weighted by Crippen LogP contribution is 2.31. The van der Waals surface area contributed by atoms with Crippen LogP contribution in [0.3, 0.4) is 0 Å². The van der Waals surface area contributed by atoms with Crippen molar-refractivity contribution in [1.29, 1.82) is 0 Å². The number of nitro groups is 1. The van der Waals surface area contributed by atoms with Gasteiger partial charge in [-0.2, -0.15) is 4.31 Å². The minimum atomic E-state index is -3.80. The molecule has 1 fully saturated rings. The Kier molecular flexibility index (Phi) is 7.14. The maximum absolute atomic E-state index is 13.0. The number of amides is 1. The summed E-state index contributed by atoms with van der Waals surface area (Å²) in [6.45, 7) is 2.78. The summed E-state index contributed by atoms with van der Waals surface area (Å²) in [5.41, 5.74) is -0.0916. The number of halogens is 1. The highest BCUT2D eigenvalue weighted by Gasteiger charge is 2.28. The molecule has 0 aromatic heterocycles. The third kappa shape index (κ3) is 5.15. The van der Waals surface area contributed by atoms with E-state index in [9.17, 15) is 23.3 Å². The number of rotatable bonds is 7. The molecule has 1 N–H and O–H groups in total. The van der Waals surface area contributed by atoms with E-state index in [2.05, 4.69) is 5.32 Å². The van der Waals surface area contributed by atoms with Gasteiger partial charge in [-0.05, 0) is 50.1 Å². The van der Waals surface area contributed by atoms with Gasteiger partial charge in [0, 0.05) is 30.4 Å². The lowest BCUT2D eigenvalue weighted by Gasteiger charge is -2.26. The third-order valence-electron chi connectivity index (χ3n) is 4.84. The first-order chi connectivity index (χ1) is 14.7. The Hall–Kier alpha value is -2.69. The molecule has 0 atom stereocenters. The van der Waals surface area contributed by atoms with Crippen molar-refractivity contribution < 1.29 is 22.9 Å². The summed E-state index contributed by atoms with van der Waals surface area (Å²) in [4.78, 5) is 23.2. The molecule has 3 rings (SSSR count). The van der Waals surface area contributed by atoms with Gasteiger partial charge in [-0.3, -0.25) is 14.9 Å². The molecule has 0 aliphatic carbocycles. The highest BCUT2D eigenvalue weighted by atomic mass is 35.5. The fraction of sp³-hybridized carbons (Fsp3) is 0.350. The van der Waals surface area contributed by atoms with E-state index < -0.39 is 20.9 Å². The number of benzene rings is 2. The second-order valence-corrected chi connectivity index (χ2v) is 9.25. The number of nitrogens with one attached hydrogen (secondary N) is 1. The molecule has 0 bridgehead atoms. The molecule has 0 unspecified atom stereocenters. The first kappa shape index (κ1) is 23.0. The number of nitrogens with zero attached hydrogens (tertiary/aromatic N) is 2. The maximum atomic E-state index is 13.0. The van der Waals surface area contributed by atoms with Crippen LogP contribution in [0.2, 0.25) is 5.02 Å². The van der Waals surface area contributed by atoms with Gasteiger partial charge in [-0.25, -0.2) is 8.42 Å². The first-order valence-corrected chi connectivity index (χ1v) is 11.6. The number of hydrogen-bond acceptors (Lipinski definition) is 6. The van der Waals surface area contributed by atoms with E-state index in [1.54, 1.807) is 6.92 Å². The third-order valence-corrected chi connectivity index (χ3v) is 7.22. The van der Waals surface area contributed by atoms with Crippen LogP contribution in [-0.2, 0) is 10.0 Å². The minimum Gasteiger partial charge on any atom is -0.487 e. The van der Waals surface area contributed by atoms with Crippen molar-refractivity contribution in [2.45, 2.75) is 31.1 Å². The summed E-state index contributed by atoms with van der Waals surface area (Å²) in [5.74, 6) is -0.569. The smallest absolute Gasteiger partial charge is 0.311 e. The van der Waals surface area contributed by atoms with E-state index in [4.69, 9.17) is 16.3 Å². The number of piperidine rings is 1. The molecule has 9 nitrogen and oxygen atoms in total. The molecule has 0 spiro atoms. The van der Waals surface area contributed by atoms with Gasteiger partial charge in [0.05, 0.1) is 16.6 Å². The van der Waals surface area contributed by atoms with Gasteiger partial charge in [0.25, 0.3) is 5.91 Å². The average molecular weight is 468 g/mol. The molecular weight excluding hydrogens is 446 g/mol. The molecule has 2 aromatic rings. The Morgan fingerprint density at radius 1 is 1.19 bits per heavy atom. The quantitative estimate of drug-likeness (QED) is 0.484. The molecule has 1 amide bonds. The molecule has 31 heavy (non-hydrogen) atoms. The van der Waals surface area contributed by atoms with Crippen LogP contribution in [0.1, 0.15) is 36.5 Å². The normalized spacial score (nSPS) is 14.8. The lowest BCUT2D eigenvalue weighted by Crippen LogP contribution is -2.35. The topological polar surface area (TPSA) is 119 Å². The van der Waals surface area contributed by atoms with Crippen molar-refractivity contribution in [3.05, 3.63) is 57.1 Å². The van der Waals surface area contributed by atoms with E-state index in [0.717, 1.165) is 25.3 Å². The van der Waals surface area contributed by atoms with Crippen LogP contribution in [-0.4, -0.2) is 43.2 Å². The number of carbonyl (C=O) groups is 1. The Labute approximate surface area is 185 Å². The zero-order valence-corrected chi connectivity index (χ0v) is 18.4. The Balaban J connectivity index is 1.86. The number of ether oxygens (including phenoxy) is 1.